The number of piperazine rings is 1. The average molecular weight is 446 g/mol. The second kappa shape index (κ2) is 10.1. The van der Waals surface area contributed by atoms with Crippen LogP contribution in [0.15, 0.2) is 60.9 Å². The van der Waals surface area contributed by atoms with E-state index in [1.807, 2.05) is 24.4 Å². The molecule has 1 aromatic carbocycles. The molecule has 1 amide bonds. The number of aromatic nitrogens is 2. The van der Waals surface area contributed by atoms with Crippen molar-refractivity contribution in [2.24, 2.45) is 5.92 Å². The molecule has 33 heavy (non-hydrogen) atoms. The van der Waals surface area contributed by atoms with Gasteiger partial charge >= 0.3 is 0 Å². The summed E-state index contributed by atoms with van der Waals surface area (Å²) < 4.78 is 2.08. The van der Waals surface area contributed by atoms with Gasteiger partial charge in [0.15, 0.2) is 0 Å². The number of pyridine rings is 1. The number of piperidine rings is 1. The van der Waals surface area contributed by atoms with Crippen LogP contribution >= 0.6 is 0 Å². The predicted octanol–water partition coefficient (Wildman–Crippen LogP) is 3.32. The minimum absolute atomic E-state index is 0.0342. The first-order valence-corrected chi connectivity index (χ1v) is 12.4. The van der Waals surface area contributed by atoms with Gasteiger partial charge in [0.05, 0.1) is 11.7 Å². The Bertz CT molecular complexity index is 1020. The first-order chi connectivity index (χ1) is 16.2. The molecule has 6 heteroatoms. The third-order valence-electron chi connectivity index (χ3n) is 7.40. The summed E-state index contributed by atoms with van der Waals surface area (Å²) in [6, 6.07) is 16.8. The van der Waals surface area contributed by atoms with E-state index in [0.717, 1.165) is 76.4 Å². The molecule has 3 aromatic rings. The van der Waals surface area contributed by atoms with Gasteiger partial charge in [-0.3, -0.25) is 14.6 Å². The van der Waals surface area contributed by atoms with E-state index in [1.54, 1.807) is 0 Å². The van der Waals surface area contributed by atoms with Crippen molar-refractivity contribution in [2.45, 2.75) is 38.8 Å². The van der Waals surface area contributed by atoms with Crippen LogP contribution in [-0.4, -0.2) is 75.3 Å². The van der Waals surface area contributed by atoms with Gasteiger partial charge in [0.25, 0.3) is 0 Å². The van der Waals surface area contributed by atoms with Gasteiger partial charge in [-0.25, -0.2) is 4.98 Å². The zero-order valence-corrected chi connectivity index (χ0v) is 19.6. The number of fused-ring (bicyclic) bond motifs is 1. The normalized spacial score (nSPS) is 19.7. The molecular weight excluding hydrogens is 410 g/mol. The minimum atomic E-state index is -0.0342. The highest BCUT2D eigenvalue weighted by molar-refractivity contribution is 5.81. The van der Waals surface area contributed by atoms with Crippen LogP contribution in [-0.2, 0) is 17.8 Å². The Balaban J connectivity index is 1.07. The highest BCUT2D eigenvalue weighted by Crippen LogP contribution is 2.23. The first kappa shape index (κ1) is 22.1. The molecule has 1 unspecified atom stereocenters. The van der Waals surface area contributed by atoms with Crippen LogP contribution in [0.5, 0.6) is 0 Å². The zero-order chi connectivity index (χ0) is 22.6. The summed E-state index contributed by atoms with van der Waals surface area (Å²) in [5.41, 5.74) is 3.52. The molecule has 4 heterocycles. The van der Waals surface area contributed by atoms with Gasteiger partial charge in [-0.15, -0.1) is 0 Å². The fraction of sp³-hybridized carbons (Fsp3) is 0.481. The Kier molecular flexibility index (Phi) is 6.74. The number of hydrogen-bond acceptors (Lipinski definition) is 4. The first-order valence-electron chi connectivity index (χ1n) is 12.4. The van der Waals surface area contributed by atoms with Crippen molar-refractivity contribution in [1.29, 1.82) is 0 Å². The Hall–Kier alpha value is -2.70. The van der Waals surface area contributed by atoms with Crippen molar-refractivity contribution in [3.63, 3.8) is 0 Å². The molecule has 174 valence electrons. The molecule has 0 saturated carbocycles. The second-order valence-electron chi connectivity index (χ2n) is 9.64. The Labute approximate surface area is 196 Å². The van der Waals surface area contributed by atoms with Crippen LogP contribution in [0.25, 0.3) is 5.65 Å². The van der Waals surface area contributed by atoms with E-state index in [4.69, 9.17) is 4.98 Å². The molecule has 1 atom stereocenters. The molecular formula is C27H35N5O. The molecule has 5 rings (SSSR count). The summed E-state index contributed by atoms with van der Waals surface area (Å²) >= 11 is 0. The summed E-state index contributed by atoms with van der Waals surface area (Å²) in [6.45, 7) is 8.58. The van der Waals surface area contributed by atoms with E-state index in [1.165, 1.54) is 5.56 Å². The maximum absolute atomic E-state index is 13.2. The SMILES string of the molecule is CC(C(=O)N1CCC(Cc2ccccc2)CC1)N1CCN(Cc2cn3ccccc3n2)CC1. The van der Waals surface area contributed by atoms with E-state index in [9.17, 15) is 4.79 Å². The van der Waals surface area contributed by atoms with Crippen LogP contribution in [0.1, 0.15) is 31.0 Å². The van der Waals surface area contributed by atoms with Crippen LogP contribution in [0.2, 0.25) is 0 Å². The number of nitrogens with zero attached hydrogens (tertiary/aromatic N) is 5. The summed E-state index contributed by atoms with van der Waals surface area (Å²) in [5, 5.41) is 0. The molecule has 0 aliphatic carbocycles. The molecule has 0 N–H and O–H groups in total. The lowest BCUT2D eigenvalue weighted by Gasteiger charge is -2.40. The van der Waals surface area contributed by atoms with Crippen molar-refractivity contribution < 1.29 is 4.79 Å². The van der Waals surface area contributed by atoms with Gasteiger partial charge in [0, 0.05) is 58.2 Å². The molecule has 2 aliphatic rings. The van der Waals surface area contributed by atoms with Crippen LogP contribution in [0.4, 0.5) is 0 Å². The van der Waals surface area contributed by atoms with E-state index >= 15 is 0 Å². The molecule has 2 saturated heterocycles. The van der Waals surface area contributed by atoms with E-state index in [0.29, 0.717) is 11.8 Å². The van der Waals surface area contributed by atoms with E-state index in [2.05, 4.69) is 62.6 Å². The lowest BCUT2D eigenvalue weighted by molar-refractivity contribution is -0.138. The molecule has 2 aliphatic heterocycles. The average Bonchev–Trinajstić information content (AvgIpc) is 3.27. The third-order valence-corrected chi connectivity index (χ3v) is 7.40. The summed E-state index contributed by atoms with van der Waals surface area (Å²) in [6.07, 6.45) is 7.52. The third kappa shape index (κ3) is 5.28. The van der Waals surface area contributed by atoms with Crippen molar-refractivity contribution in [3.8, 4) is 0 Å². The van der Waals surface area contributed by atoms with Crippen LogP contribution in [0.3, 0.4) is 0 Å². The fourth-order valence-corrected chi connectivity index (χ4v) is 5.33. The van der Waals surface area contributed by atoms with Crippen molar-refractivity contribution in [2.75, 3.05) is 39.3 Å². The minimum Gasteiger partial charge on any atom is -0.341 e. The van der Waals surface area contributed by atoms with Gasteiger partial charge in [0.1, 0.15) is 5.65 Å². The molecule has 0 radical (unpaired) electrons. The predicted molar refractivity (Wildman–Crippen MR) is 131 cm³/mol. The lowest BCUT2D eigenvalue weighted by atomic mass is 9.90. The quantitative estimate of drug-likeness (QED) is 0.584. The zero-order valence-electron chi connectivity index (χ0n) is 19.6. The lowest BCUT2D eigenvalue weighted by Crippen LogP contribution is -2.55. The van der Waals surface area contributed by atoms with Crippen molar-refractivity contribution in [1.82, 2.24) is 24.1 Å². The molecule has 2 aromatic heterocycles. The fourth-order valence-electron chi connectivity index (χ4n) is 5.33. The number of carbonyl (C=O) groups excluding carboxylic acids is 1. The molecule has 6 nitrogen and oxygen atoms in total. The highest BCUT2D eigenvalue weighted by Gasteiger charge is 2.31. The van der Waals surface area contributed by atoms with Crippen molar-refractivity contribution >= 4 is 11.6 Å². The summed E-state index contributed by atoms with van der Waals surface area (Å²) in [7, 11) is 0. The number of rotatable bonds is 6. The highest BCUT2D eigenvalue weighted by atomic mass is 16.2. The monoisotopic (exact) mass is 445 g/mol. The summed E-state index contributed by atoms with van der Waals surface area (Å²) in [5.74, 6) is 0.997. The molecule has 2 fully saturated rings. The number of hydrogen-bond donors (Lipinski definition) is 0. The second-order valence-corrected chi connectivity index (χ2v) is 9.64. The smallest absolute Gasteiger partial charge is 0.239 e. The van der Waals surface area contributed by atoms with Gasteiger partial charge < -0.3 is 9.30 Å². The van der Waals surface area contributed by atoms with Crippen LogP contribution < -0.4 is 0 Å². The Morgan fingerprint density at radius 2 is 1.70 bits per heavy atom. The Morgan fingerprint density at radius 1 is 0.970 bits per heavy atom. The van der Waals surface area contributed by atoms with Gasteiger partial charge in [0.2, 0.25) is 5.91 Å². The van der Waals surface area contributed by atoms with Gasteiger partial charge in [-0.2, -0.15) is 0 Å². The standard InChI is InChI=1S/C27H35N5O/c1-22(27(33)31-13-10-24(11-14-31)19-23-7-3-2-4-8-23)30-17-15-29(16-18-30)20-25-21-32-12-6-5-9-26(32)28-25/h2-9,12,21-22,24H,10-11,13-20H2,1H3. The van der Waals surface area contributed by atoms with Gasteiger partial charge in [-0.05, 0) is 49.8 Å². The number of imidazole rings is 1. The topological polar surface area (TPSA) is 44.1 Å². The summed E-state index contributed by atoms with van der Waals surface area (Å²) in [4.78, 5) is 24.8. The van der Waals surface area contributed by atoms with Crippen LogP contribution in [0, 0.1) is 5.92 Å². The number of amides is 1. The Morgan fingerprint density at radius 3 is 2.42 bits per heavy atom. The number of carbonyl (C=O) groups is 1. The van der Waals surface area contributed by atoms with E-state index < -0.39 is 0 Å². The maximum atomic E-state index is 13.2. The number of likely N-dealkylation sites (tertiary alicyclic amines) is 1. The van der Waals surface area contributed by atoms with E-state index in [-0.39, 0.29) is 6.04 Å². The van der Waals surface area contributed by atoms with Gasteiger partial charge in [-0.1, -0.05) is 36.4 Å². The largest absolute Gasteiger partial charge is 0.341 e. The molecule has 0 spiro atoms. The maximum Gasteiger partial charge on any atom is 0.239 e. The molecule has 0 bridgehead atoms. The van der Waals surface area contributed by atoms with Crippen molar-refractivity contribution in [3.05, 3.63) is 72.2 Å². The number of benzene rings is 1.